The van der Waals surface area contributed by atoms with Crippen molar-refractivity contribution in [2.75, 3.05) is 0 Å². The highest BCUT2D eigenvalue weighted by atomic mass is 16.5. The van der Waals surface area contributed by atoms with Crippen LogP contribution in [0.25, 0.3) is 0 Å². The Bertz CT molecular complexity index is 903. The van der Waals surface area contributed by atoms with Crippen molar-refractivity contribution >= 4 is 5.97 Å². The van der Waals surface area contributed by atoms with Crippen LogP contribution < -0.4 is 4.74 Å². The molecule has 1 N–H and O–H groups in total. The third kappa shape index (κ3) is 4.02. The minimum atomic E-state index is -0.953. The van der Waals surface area contributed by atoms with E-state index in [-0.39, 0.29) is 23.3 Å². The van der Waals surface area contributed by atoms with Crippen molar-refractivity contribution < 1.29 is 14.6 Å². The fourth-order valence-electron chi connectivity index (χ4n) is 3.51. The Morgan fingerprint density at radius 1 is 1.15 bits per heavy atom. The van der Waals surface area contributed by atoms with Crippen molar-refractivity contribution in [2.24, 2.45) is 0 Å². The van der Waals surface area contributed by atoms with Crippen LogP contribution in [0.3, 0.4) is 0 Å². The summed E-state index contributed by atoms with van der Waals surface area (Å²) in [7, 11) is 0. The van der Waals surface area contributed by atoms with Crippen molar-refractivity contribution in [2.45, 2.75) is 51.6 Å². The summed E-state index contributed by atoms with van der Waals surface area (Å²) < 4.78 is 6.10. The van der Waals surface area contributed by atoms with E-state index in [1.807, 2.05) is 12.1 Å². The number of carboxylic acids is 1. The maximum absolute atomic E-state index is 10.7. The molecular formula is C21H22N2O3. The number of benzene rings is 1. The molecular weight excluding hydrogens is 328 g/mol. The molecule has 1 aromatic carbocycles. The van der Waals surface area contributed by atoms with Crippen LogP contribution in [0, 0.1) is 11.8 Å². The predicted molar refractivity (Wildman–Crippen MR) is 98.1 cm³/mol. The number of carbonyl (C=O) groups is 1. The second-order valence-corrected chi connectivity index (χ2v) is 7.84. The molecule has 2 heterocycles. The molecule has 0 bridgehead atoms. The zero-order valence-electron chi connectivity index (χ0n) is 15.5. The zero-order chi connectivity index (χ0) is 18.9. The van der Waals surface area contributed by atoms with Crippen LogP contribution in [0.5, 0.6) is 5.75 Å². The summed E-state index contributed by atoms with van der Waals surface area (Å²) >= 11 is 0. The molecule has 5 nitrogen and oxygen atoms in total. The molecule has 0 saturated carbocycles. The van der Waals surface area contributed by atoms with Gasteiger partial charge in [0.2, 0.25) is 0 Å². The third-order valence-electron chi connectivity index (χ3n) is 4.33. The van der Waals surface area contributed by atoms with Gasteiger partial charge in [0.15, 0.2) is 0 Å². The van der Waals surface area contributed by atoms with E-state index in [9.17, 15) is 4.79 Å². The van der Waals surface area contributed by atoms with Crippen LogP contribution in [0.1, 0.15) is 56.6 Å². The standard InChI is InChI=1S/C21H22N2O3/c1-20(2)13-21(3,4)26-17-8-7-14(9-16(17)20)5-6-15-11-22-18(23-12-15)10-19(24)25/h7-9,11-12H,10,13H2,1-4H3,(H,24,25). The second kappa shape index (κ2) is 6.45. The van der Waals surface area contributed by atoms with Crippen LogP contribution in [-0.2, 0) is 16.6 Å². The SMILES string of the molecule is CC1(C)CC(C)(C)c2cc(C#Cc3cnc(CC(=O)O)nc3)ccc2O1. The predicted octanol–water partition coefficient (Wildman–Crippen LogP) is 3.34. The number of fused-ring (bicyclic) bond motifs is 1. The molecule has 0 saturated heterocycles. The van der Waals surface area contributed by atoms with Crippen LogP contribution in [-0.4, -0.2) is 26.6 Å². The summed E-state index contributed by atoms with van der Waals surface area (Å²) in [6.45, 7) is 8.67. The van der Waals surface area contributed by atoms with E-state index < -0.39 is 5.97 Å². The van der Waals surface area contributed by atoms with Crippen molar-refractivity contribution in [1.29, 1.82) is 0 Å². The Balaban J connectivity index is 1.85. The molecule has 3 rings (SSSR count). The van der Waals surface area contributed by atoms with Gasteiger partial charge in [-0.1, -0.05) is 25.7 Å². The molecule has 134 valence electrons. The van der Waals surface area contributed by atoms with Crippen molar-refractivity contribution in [1.82, 2.24) is 9.97 Å². The summed E-state index contributed by atoms with van der Waals surface area (Å²) in [4.78, 5) is 18.7. The molecule has 1 aliphatic rings. The normalized spacial score (nSPS) is 16.6. The zero-order valence-corrected chi connectivity index (χ0v) is 15.5. The minimum absolute atomic E-state index is 0.0103. The first kappa shape index (κ1) is 17.9. The van der Waals surface area contributed by atoms with Crippen LogP contribution >= 0.6 is 0 Å². The van der Waals surface area contributed by atoms with Crippen molar-refractivity contribution in [3.63, 3.8) is 0 Å². The molecule has 0 amide bonds. The lowest BCUT2D eigenvalue weighted by Crippen LogP contribution is -2.41. The minimum Gasteiger partial charge on any atom is -0.488 e. The first-order valence-corrected chi connectivity index (χ1v) is 8.53. The largest absolute Gasteiger partial charge is 0.488 e. The van der Waals surface area contributed by atoms with Crippen molar-refractivity contribution in [3.8, 4) is 17.6 Å². The fraction of sp³-hybridized carbons (Fsp3) is 0.381. The van der Waals surface area contributed by atoms with E-state index in [0.717, 1.165) is 23.3 Å². The maximum Gasteiger partial charge on any atom is 0.311 e. The van der Waals surface area contributed by atoms with Crippen LogP contribution in [0.4, 0.5) is 0 Å². The number of rotatable bonds is 2. The van der Waals surface area contributed by atoms with E-state index in [4.69, 9.17) is 9.84 Å². The smallest absolute Gasteiger partial charge is 0.311 e. The van der Waals surface area contributed by atoms with Gasteiger partial charge in [0.1, 0.15) is 23.6 Å². The van der Waals surface area contributed by atoms with Gasteiger partial charge in [-0.3, -0.25) is 4.79 Å². The van der Waals surface area contributed by atoms with Gasteiger partial charge in [0.25, 0.3) is 0 Å². The van der Waals surface area contributed by atoms with Gasteiger partial charge >= 0.3 is 5.97 Å². The number of carboxylic acid groups (broad SMARTS) is 1. The molecule has 0 fully saturated rings. The van der Waals surface area contributed by atoms with Gasteiger partial charge in [0.05, 0.1) is 5.56 Å². The number of aromatic nitrogens is 2. The number of aliphatic carboxylic acids is 1. The highest BCUT2D eigenvalue weighted by Gasteiger charge is 2.38. The van der Waals surface area contributed by atoms with E-state index in [1.165, 1.54) is 0 Å². The van der Waals surface area contributed by atoms with E-state index in [2.05, 4.69) is 55.6 Å². The average molecular weight is 350 g/mol. The summed E-state index contributed by atoms with van der Waals surface area (Å²) in [5.74, 6) is 6.39. The molecule has 0 aliphatic carbocycles. The van der Waals surface area contributed by atoms with E-state index in [0.29, 0.717) is 5.56 Å². The fourth-order valence-corrected chi connectivity index (χ4v) is 3.51. The number of nitrogens with zero attached hydrogens (tertiary/aromatic N) is 2. The van der Waals surface area contributed by atoms with Gasteiger partial charge in [-0.05, 0) is 43.9 Å². The first-order valence-electron chi connectivity index (χ1n) is 8.53. The van der Waals surface area contributed by atoms with Gasteiger partial charge in [-0.15, -0.1) is 0 Å². The Kier molecular flexibility index (Phi) is 4.45. The van der Waals surface area contributed by atoms with Crippen LogP contribution in [0.2, 0.25) is 0 Å². The Hall–Kier alpha value is -2.87. The average Bonchev–Trinajstić information content (AvgIpc) is 2.52. The summed E-state index contributed by atoms with van der Waals surface area (Å²) in [6.07, 6.45) is 3.84. The quantitative estimate of drug-likeness (QED) is 0.841. The summed E-state index contributed by atoms with van der Waals surface area (Å²) in [5.41, 5.74) is 2.54. The van der Waals surface area contributed by atoms with E-state index in [1.54, 1.807) is 12.4 Å². The van der Waals surface area contributed by atoms with Gasteiger partial charge in [0, 0.05) is 23.5 Å². The number of hydrogen-bond donors (Lipinski definition) is 1. The molecule has 26 heavy (non-hydrogen) atoms. The maximum atomic E-state index is 10.7. The lowest BCUT2D eigenvalue weighted by atomic mass is 9.73. The van der Waals surface area contributed by atoms with Crippen LogP contribution in [0.15, 0.2) is 30.6 Å². The summed E-state index contributed by atoms with van der Waals surface area (Å²) in [5, 5.41) is 8.74. The van der Waals surface area contributed by atoms with Gasteiger partial charge < -0.3 is 9.84 Å². The molecule has 1 aromatic heterocycles. The number of ether oxygens (including phenoxy) is 1. The summed E-state index contributed by atoms with van der Waals surface area (Å²) in [6, 6.07) is 6.01. The monoisotopic (exact) mass is 350 g/mol. The molecule has 2 aromatic rings. The topological polar surface area (TPSA) is 72.3 Å². The number of hydrogen-bond acceptors (Lipinski definition) is 4. The van der Waals surface area contributed by atoms with Gasteiger partial charge in [-0.2, -0.15) is 0 Å². The molecule has 0 unspecified atom stereocenters. The highest BCUT2D eigenvalue weighted by Crippen LogP contribution is 2.44. The lowest BCUT2D eigenvalue weighted by Gasteiger charge is -2.42. The van der Waals surface area contributed by atoms with E-state index >= 15 is 0 Å². The molecule has 5 heteroatoms. The third-order valence-corrected chi connectivity index (χ3v) is 4.33. The van der Waals surface area contributed by atoms with Crippen molar-refractivity contribution in [3.05, 3.63) is 53.1 Å². The van der Waals surface area contributed by atoms with Gasteiger partial charge in [-0.25, -0.2) is 9.97 Å². The molecule has 0 atom stereocenters. The molecule has 0 spiro atoms. The Morgan fingerprint density at radius 3 is 2.46 bits per heavy atom. The molecule has 0 radical (unpaired) electrons. The highest BCUT2D eigenvalue weighted by molar-refractivity contribution is 5.68. The molecule has 1 aliphatic heterocycles. The Labute approximate surface area is 153 Å². The Morgan fingerprint density at radius 2 is 1.81 bits per heavy atom. The second-order valence-electron chi connectivity index (χ2n) is 7.84. The first-order chi connectivity index (χ1) is 12.1. The lowest BCUT2D eigenvalue weighted by molar-refractivity contribution is -0.136.